The average molecular weight is 523 g/mol. The highest BCUT2D eigenvalue weighted by atomic mass is 16.6. The van der Waals surface area contributed by atoms with E-state index in [4.69, 9.17) is 4.74 Å². The van der Waals surface area contributed by atoms with Crippen molar-refractivity contribution < 1.29 is 40.2 Å². The number of allylic oxidation sites excluding steroid dienone is 2. The quantitative estimate of drug-likeness (QED) is 0.229. The molecular formula is C29H46O8. The number of esters is 1. The number of carbonyl (C=O) groups excluding carboxylic acids is 1. The molecule has 0 heterocycles. The molecule has 8 heteroatoms. The number of ether oxygens (including phenoxy) is 1. The van der Waals surface area contributed by atoms with Gasteiger partial charge in [0.15, 0.2) is 0 Å². The molecule has 0 aromatic heterocycles. The van der Waals surface area contributed by atoms with Crippen molar-refractivity contribution in [1.29, 1.82) is 0 Å². The Morgan fingerprint density at radius 3 is 2.35 bits per heavy atom. The van der Waals surface area contributed by atoms with Gasteiger partial charge >= 0.3 is 5.97 Å². The predicted molar refractivity (Wildman–Crippen MR) is 137 cm³/mol. The highest BCUT2D eigenvalue weighted by Gasteiger charge is 2.77. The lowest BCUT2D eigenvalue weighted by atomic mass is 9.42. The van der Waals surface area contributed by atoms with Crippen LogP contribution in [0.1, 0.15) is 73.1 Å². The molecule has 0 aliphatic heterocycles. The van der Waals surface area contributed by atoms with Crippen LogP contribution in [0.3, 0.4) is 0 Å². The van der Waals surface area contributed by atoms with Gasteiger partial charge in [-0.15, -0.1) is 0 Å². The number of hydrogen-bond donors (Lipinski definition) is 6. The van der Waals surface area contributed by atoms with Crippen LogP contribution < -0.4 is 0 Å². The number of hydrogen-bond acceptors (Lipinski definition) is 8. The number of fused-ring (bicyclic) bond motifs is 5. The van der Waals surface area contributed by atoms with E-state index in [0.29, 0.717) is 17.9 Å². The minimum atomic E-state index is -2.13. The molecule has 11 unspecified atom stereocenters. The Kier molecular flexibility index (Phi) is 7.54. The SMILES string of the molecule is CC(=O)OC1CC2(C)C(CCC2C(C)C=CCC(C)C)C2=CC(O)C3(O)CC(O)C(O)CC3(CO)C21O. The maximum atomic E-state index is 12.6. The Morgan fingerprint density at radius 1 is 1.11 bits per heavy atom. The maximum absolute atomic E-state index is 12.6. The average Bonchev–Trinajstić information content (AvgIpc) is 3.14. The van der Waals surface area contributed by atoms with Crippen LogP contribution in [-0.2, 0) is 9.53 Å². The highest BCUT2D eigenvalue weighted by Crippen LogP contribution is 2.69. The van der Waals surface area contributed by atoms with Gasteiger partial charge in [-0.2, -0.15) is 0 Å². The summed E-state index contributed by atoms with van der Waals surface area (Å²) < 4.78 is 5.80. The summed E-state index contributed by atoms with van der Waals surface area (Å²) in [5, 5.41) is 67.6. The third-order valence-electron chi connectivity index (χ3n) is 10.5. The van der Waals surface area contributed by atoms with E-state index >= 15 is 0 Å². The lowest BCUT2D eigenvalue weighted by molar-refractivity contribution is -0.312. The van der Waals surface area contributed by atoms with Gasteiger partial charge in [-0.05, 0) is 66.8 Å². The zero-order chi connectivity index (χ0) is 27.6. The van der Waals surface area contributed by atoms with Crippen LogP contribution in [0.5, 0.6) is 0 Å². The molecule has 3 saturated carbocycles. The van der Waals surface area contributed by atoms with E-state index in [1.165, 1.54) is 13.0 Å². The molecule has 0 saturated heterocycles. The van der Waals surface area contributed by atoms with Crippen LogP contribution >= 0.6 is 0 Å². The largest absolute Gasteiger partial charge is 0.459 e. The van der Waals surface area contributed by atoms with E-state index in [1.54, 1.807) is 0 Å². The van der Waals surface area contributed by atoms with E-state index < -0.39 is 60.0 Å². The topological polar surface area (TPSA) is 148 Å². The highest BCUT2D eigenvalue weighted by molar-refractivity contribution is 5.66. The molecule has 0 aromatic carbocycles. The molecule has 4 rings (SSSR count). The molecule has 4 aliphatic carbocycles. The molecule has 4 aliphatic rings. The third kappa shape index (κ3) is 4.05. The van der Waals surface area contributed by atoms with Gasteiger partial charge in [0.1, 0.15) is 23.4 Å². The molecule has 0 bridgehead atoms. The minimum absolute atomic E-state index is 0.179. The number of aliphatic hydroxyl groups excluding tert-OH is 4. The van der Waals surface area contributed by atoms with Crippen molar-refractivity contribution >= 4 is 5.97 Å². The Hall–Kier alpha value is -1.29. The summed E-state index contributed by atoms with van der Waals surface area (Å²) in [6.45, 7) is 9.18. The van der Waals surface area contributed by atoms with Crippen LogP contribution in [0.4, 0.5) is 0 Å². The van der Waals surface area contributed by atoms with Gasteiger partial charge in [-0.3, -0.25) is 4.79 Å². The van der Waals surface area contributed by atoms with Gasteiger partial charge < -0.3 is 35.4 Å². The Bertz CT molecular complexity index is 946. The van der Waals surface area contributed by atoms with Crippen LogP contribution in [0.15, 0.2) is 23.8 Å². The van der Waals surface area contributed by atoms with Gasteiger partial charge in [-0.25, -0.2) is 0 Å². The van der Waals surface area contributed by atoms with E-state index in [9.17, 15) is 35.4 Å². The predicted octanol–water partition coefficient (Wildman–Crippen LogP) is 1.85. The zero-order valence-corrected chi connectivity index (χ0v) is 22.8. The van der Waals surface area contributed by atoms with Gasteiger partial charge in [0.25, 0.3) is 0 Å². The summed E-state index contributed by atoms with van der Waals surface area (Å²) in [6.07, 6.45) is 2.78. The second kappa shape index (κ2) is 9.72. The number of aliphatic hydroxyl groups is 6. The normalized spacial score (nSPS) is 48.3. The molecule has 0 aromatic rings. The molecule has 0 spiro atoms. The molecule has 6 N–H and O–H groups in total. The van der Waals surface area contributed by atoms with Crippen molar-refractivity contribution in [2.75, 3.05) is 6.61 Å². The second-order valence-corrected chi connectivity index (χ2v) is 13.0. The van der Waals surface area contributed by atoms with Gasteiger partial charge in [-0.1, -0.05) is 45.9 Å². The summed E-state index contributed by atoms with van der Waals surface area (Å²) in [4.78, 5) is 12.3. The van der Waals surface area contributed by atoms with Crippen LogP contribution in [0.25, 0.3) is 0 Å². The molecule has 8 nitrogen and oxygen atoms in total. The molecule has 0 radical (unpaired) electrons. The Balaban J connectivity index is 1.84. The van der Waals surface area contributed by atoms with E-state index in [0.717, 1.165) is 19.3 Å². The lowest BCUT2D eigenvalue weighted by Gasteiger charge is -2.67. The van der Waals surface area contributed by atoms with Crippen LogP contribution in [-0.4, -0.2) is 78.8 Å². The fourth-order valence-corrected chi connectivity index (χ4v) is 8.62. The van der Waals surface area contributed by atoms with E-state index in [2.05, 4.69) is 39.8 Å². The number of carbonyl (C=O) groups is 1. The molecule has 210 valence electrons. The zero-order valence-electron chi connectivity index (χ0n) is 22.8. The van der Waals surface area contributed by atoms with Crippen molar-refractivity contribution in [2.45, 2.75) is 109 Å². The van der Waals surface area contributed by atoms with Crippen molar-refractivity contribution in [2.24, 2.45) is 34.5 Å². The summed E-state index contributed by atoms with van der Waals surface area (Å²) in [5.74, 6) is 0.244. The van der Waals surface area contributed by atoms with Crippen molar-refractivity contribution in [1.82, 2.24) is 0 Å². The molecule has 0 amide bonds. The summed E-state index contributed by atoms with van der Waals surface area (Å²) in [6, 6.07) is 0. The molecule has 37 heavy (non-hydrogen) atoms. The smallest absolute Gasteiger partial charge is 0.303 e. The Labute approximate surface area is 220 Å². The summed E-state index contributed by atoms with van der Waals surface area (Å²) >= 11 is 0. The van der Waals surface area contributed by atoms with E-state index in [-0.39, 0.29) is 29.6 Å². The van der Waals surface area contributed by atoms with E-state index in [1.807, 2.05) is 0 Å². The monoisotopic (exact) mass is 522 g/mol. The van der Waals surface area contributed by atoms with Gasteiger partial charge in [0.05, 0.1) is 24.2 Å². The van der Waals surface area contributed by atoms with Crippen molar-refractivity contribution in [3.05, 3.63) is 23.8 Å². The number of rotatable bonds is 6. The van der Waals surface area contributed by atoms with Crippen molar-refractivity contribution in [3.8, 4) is 0 Å². The summed E-state index contributed by atoms with van der Waals surface area (Å²) in [5.41, 5.74) is -5.92. The first-order chi connectivity index (χ1) is 17.2. The molecule has 3 fully saturated rings. The maximum Gasteiger partial charge on any atom is 0.303 e. The van der Waals surface area contributed by atoms with Crippen LogP contribution in [0.2, 0.25) is 0 Å². The first-order valence-electron chi connectivity index (χ1n) is 13.8. The van der Waals surface area contributed by atoms with Crippen molar-refractivity contribution in [3.63, 3.8) is 0 Å². The third-order valence-corrected chi connectivity index (χ3v) is 10.5. The van der Waals surface area contributed by atoms with Gasteiger partial charge in [0, 0.05) is 13.3 Å². The first-order valence-corrected chi connectivity index (χ1v) is 13.8. The second-order valence-electron chi connectivity index (χ2n) is 13.0. The molecular weight excluding hydrogens is 476 g/mol. The lowest BCUT2D eigenvalue weighted by Crippen LogP contribution is -2.80. The van der Waals surface area contributed by atoms with Crippen LogP contribution in [0, 0.1) is 34.5 Å². The van der Waals surface area contributed by atoms with Gasteiger partial charge in [0.2, 0.25) is 0 Å². The minimum Gasteiger partial charge on any atom is -0.459 e. The Morgan fingerprint density at radius 2 is 1.76 bits per heavy atom. The fraction of sp³-hybridized carbons (Fsp3) is 0.828. The molecule has 11 atom stereocenters. The summed E-state index contributed by atoms with van der Waals surface area (Å²) in [7, 11) is 0. The standard InChI is InChI=1S/C29H46O8/c1-16(2)7-6-8-17(3)19-9-10-20-21-11-24(34)28(35)13-23(33)22(32)12-27(28,15-30)29(21,36)25(37-18(4)31)14-26(19,20)5/h6,8,11,16-17,19-20,22-25,30,32-36H,7,9-10,12-15H2,1-5H3. The fourth-order valence-electron chi connectivity index (χ4n) is 8.62. The first kappa shape index (κ1) is 28.7.